The number of amides is 1. The van der Waals surface area contributed by atoms with Crippen molar-refractivity contribution < 1.29 is 18.3 Å². The van der Waals surface area contributed by atoms with E-state index in [1.807, 2.05) is 48.5 Å². The molecule has 1 saturated heterocycles. The molecule has 1 atom stereocenters. The van der Waals surface area contributed by atoms with Crippen molar-refractivity contribution >= 4 is 40.2 Å². The maximum Gasteiger partial charge on any atom is 0.298 e. The molecule has 1 saturated carbocycles. The molecule has 9 heteroatoms. The van der Waals surface area contributed by atoms with E-state index in [-0.39, 0.29) is 30.7 Å². The number of hydrogen-bond donors (Lipinski definition) is 1. The van der Waals surface area contributed by atoms with Gasteiger partial charge in [0.15, 0.2) is 6.04 Å². The third kappa shape index (κ3) is 7.27. The van der Waals surface area contributed by atoms with Gasteiger partial charge in [-0.2, -0.15) is 14.0 Å². The molecule has 6 rings (SSSR count). The summed E-state index contributed by atoms with van der Waals surface area (Å²) in [5.74, 6) is -3.53. The maximum atomic E-state index is 16.3. The number of nitriles is 1. The minimum Gasteiger partial charge on any atom is -0.490 e. The summed E-state index contributed by atoms with van der Waals surface area (Å²) in [5.41, 5.74) is 1.36. The van der Waals surface area contributed by atoms with Crippen molar-refractivity contribution in [1.29, 1.82) is 5.26 Å². The molecule has 0 aromatic heterocycles. The number of alkyl halides is 2. The van der Waals surface area contributed by atoms with Gasteiger partial charge in [-0.3, -0.25) is 4.79 Å². The van der Waals surface area contributed by atoms with Crippen LogP contribution in [0.15, 0.2) is 89.8 Å². The molecule has 1 heterocycles. The lowest BCUT2D eigenvalue weighted by atomic mass is 9.95. The molecular weight excluding hydrogens is 612 g/mol. The van der Waals surface area contributed by atoms with Crippen LogP contribution in [0.1, 0.15) is 44.1 Å². The predicted octanol–water partition coefficient (Wildman–Crippen LogP) is 9.00. The van der Waals surface area contributed by atoms with Crippen molar-refractivity contribution in [2.24, 2.45) is 5.92 Å². The molecule has 4 aromatic carbocycles. The average Bonchev–Trinajstić information content (AvgIpc) is 3.58. The molecule has 1 aliphatic heterocycles. The lowest BCUT2D eigenvalue weighted by molar-refractivity contribution is -0.145. The van der Waals surface area contributed by atoms with E-state index in [9.17, 15) is 10.1 Å². The summed E-state index contributed by atoms with van der Waals surface area (Å²) in [7, 11) is 0. The summed E-state index contributed by atoms with van der Waals surface area (Å²) in [6, 6.07) is 25.2. The van der Waals surface area contributed by atoms with Gasteiger partial charge in [0.05, 0.1) is 12.2 Å². The summed E-state index contributed by atoms with van der Waals surface area (Å²) >= 11 is 7.02. The quantitative estimate of drug-likeness (QED) is 0.184. The van der Waals surface area contributed by atoms with Crippen LogP contribution in [0.5, 0.6) is 5.75 Å². The topological polar surface area (TPSA) is 65.4 Å². The Kier molecular flexibility index (Phi) is 9.60. The second-order valence-corrected chi connectivity index (χ2v) is 13.1. The zero-order chi connectivity index (χ0) is 31.4. The molecule has 0 radical (unpaired) electrons. The number of carbonyl (C=O) groups excluding carboxylic acids is 1. The van der Waals surface area contributed by atoms with E-state index in [1.165, 1.54) is 29.9 Å². The Morgan fingerprint density at radius 2 is 1.53 bits per heavy atom. The number of piperidine rings is 1. The molecule has 1 N–H and O–H groups in total. The fraction of sp³-hybridized carbons (Fsp3) is 0.333. The number of hydrogen-bond acceptors (Lipinski definition) is 5. The molecule has 45 heavy (non-hydrogen) atoms. The van der Waals surface area contributed by atoms with Crippen LogP contribution in [0.3, 0.4) is 0 Å². The van der Waals surface area contributed by atoms with Crippen LogP contribution in [-0.2, 0) is 10.7 Å². The number of carbonyl (C=O) groups is 1. The van der Waals surface area contributed by atoms with Crippen molar-refractivity contribution in [3.63, 3.8) is 0 Å². The minimum absolute atomic E-state index is 0.169. The second-order valence-electron chi connectivity index (χ2n) is 11.8. The van der Waals surface area contributed by atoms with E-state index in [1.54, 1.807) is 24.3 Å². The number of nitrogens with zero attached hydrogens (tertiary/aromatic N) is 2. The lowest BCUT2D eigenvalue weighted by Crippen LogP contribution is -2.54. The molecule has 4 aromatic rings. The lowest BCUT2D eigenvalue weighted by Gasteiger charge is -2.35. The summed E-state index contributed by atoms with van der Waals surface area (Å²) in [5, 5.41) is 11.8. The third-order valence-corrected chi connectivity index (χ3v) is 9.82. The Morgan fingerprint density at radius 3 is 2.20 bits per heavy atom. The van der Waals surface area contributed by atoms with Gasteiger partial charge < -0.3 is 9.64 Å². The van der Waals surface area contributed by atoms with E-state index in [0.717, 1.165) is 52.4 Å². The van der Waals surface area contributed by atoms with Crippen LogP contribution < -0.4 is 9.46 Å². The summed E-state index contributed by atoms with van der Waals surface area (Å²) in [6.45, 7) is 0.541. The maximum absolute atomic E-state index is 16.3. The van der Waals surface area contributed by atoms with Gasteiger partial charge >= 0.3 is 0 Å². The zero-order valence-electron chi connectivity index (χ0n) is 24.7. The largest absolute Gasteiger partial charge is 0.490 e. The van der Waals surface area contributed by atoms with E-state index < -0.39 is 17.9 Å². The van der Waals surface area contributed by atoms with Crippen molar-refractivity contribution in [1.82, 2.24) is 9.62 Å². The molecule has 2 fully saturated rings. The SMILES string of the molecule is N#CC1CCN(C(=O)C(NSc2ccc3cc(OC4CCCC4)ccc3c2)C(F)(F)c2ccc(-c3ccc(Cl)cc3)cc2)CC1. The molecular formula is C36H34ClF2N3O2S. The van der Waals surface area contributed by atoms with Crippen LogP contribution in [-0.4, -0.2) is 36.0 Å². The third-order valence-electron chi connectivity index (χ3n) is 8.73. The van der Waals surface area contributed by atoms with Crippen LogP contribution in [0.25, 0.3) is 21.9 Å². The number of halogens is 3. The fourth-order valence-corrected chi connectivity index (χ4v) is 7.00. The van der Waals surface area contributed by atoms with Gasteiger partial charge in [-0.15, -0.1) is 0 Å². The normalized spacial score (nSPS) is 16.9. The highest BCUT2D eigenvalue weighted by atomic mass is 35.5. The van der Waals surface area contributed by atoms with E-state index in [0.29, 0.717) is 22.8 Å². The number of fused-ring (bicyclic) bond motifs is 1. The van der Waals surface area contributed by atoms with E-state index in [2.05, 4.69) is 10.8 Å². The first-order chi connectivity index (χ1) is 21.8. The zero-order valence-corrected chi connectivity index (χ0v) is 26.3. The fourth-order valence-electron chi connectivity index (χ4n) is 6.05. The molecule has 1 unspecified atom stereocenters. The number of nitrogens with one attached hydrogen (secondary N) is 1. The number of ether oxygens (including phenoxy) is 1. The van der Waals surface area contributed by atoms with Gasteiger partial charge in [-0.05, 0) is 109 Å². The van der Waals surface area contributed by atoms with Crippen LogP contribution in [0, 0.1) is 17.2 Å². The van der Waals surface area contributed by atoms with Crippen molar-refractivity contribution in [2.75, 3.05) is 13.1 Å². The number of likely N-dealkylation sites (tertiary alicyclic amines) is 1. The first-order valence-electron chi connectivity index (χ1n) is 15.4. The van der Waals surface area contributed by atoms with E-state index in [4.69, 9.17) is 16.3 Å². The Hall–Kier alpha value is -3.64. The molecule has 1 aliphatic carbocycles. The summed E-state index contributed by atoms with van der Waals surface area (Å²) in [4.78, 5) is 15.9. The van der Waals surface area contributed by atoms with Gasteiger partial charge in [-0.1, -0.05) is 60.1 Å². The highest BCUT2D eigenvalue weighted by Gasteiger charge is 2.48. The number of rotatable bonds is 9. The Balaban J connectivity index is 1.22. The molecule has 0 spiro atoms. The molecule has 1 amide bonds. The summed E-state index contributed by atoms with van der Waals surface area (Å²) < 4.78 is 41.6. The standard InChI is InChI=1S/C36H34ClF2N3O2S/c37-30-13-7-26(8-14-30)25-5-11-29(12-6-25)36(38,39)34(35(43)42-19-17-24(23-40)18-20-42)41-45-33-16-10-27-21-32(15-9-28(27)22-33)44-31-3-1-2-4-31/h5-16,21-22,24,31,34,41H,1-4,17-20H2. The van der Waals surface area contributed by atoms with Gasteiger partial charge in [0.1, 0.15) is 5.75 Å². The first-order valence-corrected chi connectivity index (χ1v) is 16.5. The molecule has 2 aliphatic rings. The second kappa shape index (κ2) is 13.8. The Morgan fingerprint density at radius 1 is 0.911 bits per heavy atom. The van der Waals surface area contributed by atoms with Gasteiger partial charge in [0.25, 0.3) is 5.92 Å². The minimum atomic E-state index is -3.52. The van der Waals surface area contributed by atoms with Crippen molar-refractivity contribution in [3.8, 4) is 22.9 Å². The highest BCUT2D eigenvalue weighted by molar-refractivity contribution is 7.97. The summed E-state index contributed by atoms with van der Waals surface area (Å²) in [6.07, 6.45) is 5.75. The van der Waals surface area contributed by atoms with Crippen LogP contribution in [0.2, 0.25) is 5.02 Å². The molecule has 232 valence electrons. The van der Waals surface area contributed by atoms with Gasteiger partial charge in [0.2, 0.25) is 5.91 Å². The predicted molar refractivity (Wildman–Crippen MR) is 175 cm³/mol. The van der Waals surface area contributed by atoms with Crippen molar-refractivity contribution in [2.45, 2.75) is 61.5 Å². The Bertz CT molecular complexity index is 1680. The van der Waals surface area contributed by atoms with Crippen LogP contribution >= 0.6 is 23.5 Å². The van der Waals surface area contributed by atoms with E-state index >= 15 is 8.78 Å². The average molecular weight is 646 g/mol. The smallest absolute Gasteiger partial charge is 0.298 e. The highest BCUT2D eigenvalue weighted by Crippen LogP contribution is 2.37. The van der Waals surface area contributed by atoms with Gasteiger partial charge in [0, 0.05) is 34.5 Å². The molecule has 5 nitrogen and oxygen atoms in total. The molecule has 0 bridgehead atoms. The monoisotopic (exact) mass is 645 g/mol. The first kappa shape index (κ1) is 31.3. The van der Waals surface area contributed by atoms with Gasteiger partial charge in [-0.25, -0.2) is 4.72 Å². The Labute approximate surface area is 271 Å². The van der Waals surface area contributed by atoms with Crippen LogP contribution in [0.4, 0.5) is 8.78 Å². The van der Waals surface area contributed by atoms with Crippen molar-refractivity contribution in [3.05, 3.63) is 95.5 Å². The number of benzene rings is 4.